The van der Waals surface area contributed by atoms with Crippen LogP contribution in [0.4, 0.5) is 5.69 Å². The second kappa shape index (κ2) is 3.22. The fraction of sp³-hybridized carbons (Fsp3) is 0.250. The van der Waals surface area contributed by atoms with Gasteiger partial charge in [0.15, 0.2) is 0 Å². The number of anilines is 1. The zero-order chi connectivity index (χ0) is 7.40. The van der Waals surface area contributed by atoms with E-state index in [0.29, 0.717) is 0 Å². The Morgan fingerprint density at radius 3 is 2.40 bits per heavy atom. The number of aliphatic hydroxyl groups excluding tert-OH is 1. The van der Waals surface area contributed by atoms with E-state index in [0.717, 1.165) is 5.69 Å². The summed E-state index contributed by atoms with van der Waals surface area (Å²) in [5.41, 5.74) is 0.942. The van der Waals surface area contributed by atoms with Gasteiger partial charge in [-0.15, -0.1) is 0 Å². The van der Waals surface area contributed by atoms with Crippen LogP contribution in [-0.2, 0) is 0 Å². The molecular formula is C8H11NO. The van der Waals surface area contributed by atoms with Crippen LogP contribution in [0.3, 0.4) is 0 Å². The molecule has 0 heterocycles. The van der Waals surface area contributed by atoms with Gasteiger partial charge in [-0.1, -0.05) is 18.2 Å². The number of rotatable bonds is 2. The minimum Gasteiger partial charge on any atom is -0.374 e. The Balaban J connectivity index is 2.59. The van der Waals surface area contributed by atoms with E-state index in [1.54, 1.807) is 6.92 Å². The zero-order valence-corrected chi connectivity index (χ0v) is 5.91. The van der Waals surface area contributed by atoms with E-state index in [9.17, 15) is 0 Å². The van der Waals surface area contributed by atoms with E-state index < -0.39 is 6.23 Å². The lowest BCUT2D eigenvalue weighted by atomic mass is 10.3. The molecule has 1 rings (SSSR count). The van der Waals surface area contributed by atoms with Gasteiger partial charge in [0.2, 0.25) is 0 Å². The number of hydrogen-bond donors (Lipinski definition) is 2. The van der Waals surface area contributed by atoms with E-state index in [1.807, 2.05) is 30.3 Å². The second-order valence-electron chi connectivity index (χ2n) is 2.19. The van der Waals surface area contributed by atoms with Gasteiger partial charge >= 0.3 is 0 Å². The molecule has 1 atom stereocenters. The molecule has 54 valence electrons. The van der Waals surface area contributed by atoms with Gasteiger partial charge in [0.05, 0.1) is 0 Å². The highest BCUT2D eigenvalue weighted by Crippen LogP contribution is 2.04. The summed E-state index contributed by atoms with van der Waals surface area (Å²) < 4.78 is 0. The van der Waals surface area contributed by atoms with Crippen molar-refractivity contribution in [1.29, 1.82) is 0 Å². The Morgan fingerprint density at radius 2 is 1.90 bits per heavy atom. The first-order valence-electron chi connectivity index (χ1n) is 3.28. The highest BCUT2D eigenvalue weighted by molar-refractivity contribution is 5.42. The van der Waals surface area contributed by atoms with Crippen molar-refractivity contribution in [3.63, 3.8) is 0 Å². The number of aliphatic hydroxyl groups is 1. The maximum Gasteiger partial charge on any atom is 0.121 e. The summed E-state index contributed by atoms with van der Waals surface area (Å²) in [5.74, 6) is 0. The van der Waals surface area contributed by atoms with Crippen LogP contribution in [0.2, 0.25) is 0 Å². The lowest BCUT2D eigenvalue weighted by molar-refractivity contribution is 0.224. The van der Waals surface area contributed by atoms with Crippen LogP contribution in [0.15, 0.2) is 30.3 Å². The van der Waals surface area contributed by atoms with Crippen molar-refractivity contribution in [2.24, 2.45) is 0 Å². The maximum absolute atomic E-state index is 8.89. The van der Waals surface area contributed by atoms with Gasteiger partial charge in [0.1, 0.15) is 6.23 Å². The smallest absolute Gasteiger partial charge is 0.121 e. The summed E-state index contributed by atoms with van der Waals surface area (Å²) in [6.45, 7) is 1.69. The molecule has 1 aromatic carbocycles. The molecular weight excluding hydrogens is 126 g/mol. The average Bonchev–Trinajstić information content (AvgIpc) is 1.88. The van der Waals surface area contributed by atoms with Crippen molar-refractivity contribution in [3.05, 3.63) is 30.3 Å². The predicted octanol–water partition coefficient (Wildman–Crippen LogP) is 1.44. The van der Waals surface area contributed by atoms with Crippen molar-refractivity contribution in [2.45, 2.75) is 13.2 Å². The molecule has 0 aliphatic carbocycles. The fourth-order valence-electron chi connectivity index (χ4n) is 0.776. The third kappa shape index (κ3) is 2.07. The molecule has 0 fully saturated rings. The Bertz CT molecular complexity index is 184. The van der Waals surface area contributed by atoms with Crippen LogP contribution in [-0.4, -0.2) is 11.3 Å². The van der Waals surface area contributed by atoms with Crippen LogP contribution in [0.5, 0.6) is 0 Å². The number of nitrogens with one attached hydrogen (secondary N) is 1. The molecule has 0 bridgehead atoms. The summed E-state index contributed by atoms with van der Waals surface area (Å²) >= 11 is 0. The molecule has 2 nitrogen and oxygen atoms in total. The van der Waals surface area contributed by atoms with Gasteiger partial charge < -0.3 is 10.4 Å². The monoisotopic (exact) mass is 137 g/mol. The lowest BCUT2D eigenvalue weighted by Gasteiger charge is -2.07. The van der Waals surface area contributed by atoms with Crippen molar-refractivity contribution >= 4 is 5.69 Å². The topological polar surface area (TPSA) is 32.3 Å². The first-order chi connectivity index (χ1) is 4.79. The quantitative estimate of drug-likeness (QED) is 0.604. The molecule has 0 saturated carbocycles. The first kappa shape index (κ1) is 7.09. The van der Waals surface area contributed by atoms with Crippen LogP contribution in [0.25, 0.3) is 0 Å². The highest BCUT2D eigenvalue weighted by Gasteiger charge is 1.91. The molecule has 0 spiro atoms. The van der Waals surface area contributed by atoms with E-state index in [4.69, 9.17) is 5.11 Å². The summed E-state index contributed by atoms with van der Waals surface area (Å²) in [6.07, 6.45) is -0.484. The number of benzene rings is 1. The van der Waals surface area contributed by atoms with Crippen molar-refractivity contribution < 1.29 is 5.11 Å². The molecule has 1 aromatic rings. The first-order valence-corrected chi connectivity index (χ1v) is 3.28. The summed E-state index contributed by atoms with van der Waals surface area (Å²) in [4.78, 5) is 0. The van der Waals surface area contributed by atoms with Crippen LogP contribution in [0.1, 0.15) is 6.92 Å². The van der Waals surface area contributed by atoms with Gasteiger partial charge in [0.25, 0.3) is 0 Å². The Kier molecular flexibility index (Phi) is 2.29. The van der Waals surface area contributed by atoms with Gasteiger partial charge in [-0.05, 0) is 19.1 Å². The normalized spacial score (nSPS) is 12.6. The molecule has 0 aromatic heterocycles. The molecule has 0 amide bonds. The third-order valence-corrected chi connectivity index (χ3v) is 1.15. The maximum atomic E-state index is 8.89. The minimum absolute atomic E-state index is 0.484. The second-order valence-corrected chi connectivity index (χ2v) is 2.19. The van der Waals surface area contributed by atoms with Crippen molar-refractivity contribution in [3.8, 4) is 0 Å². The summed E-state index contributed by atoms with van der Waals surface area (Å²) in [5, 5.41) is 11.8. The molecule has 0 saturated heterocycles. The Labute approximate surface area is 60.5 Å². The van der Waals surface area contributed by atoms with Crippen molar-refractivity contribution in [2.75, 3.05) is 5.32 Å². The van der Waals surface area contributed by atoms with Crippen LogP contribution >= 0.6 is 0 Å². The van der Waals surface area contributed by atoms with Gasteiger partial charge in [-0.3, -0.25) is 0 Å². The van der Waals surface area contributed by atoms with E-state index in [2.05, 4.69) is 5.32 Å². The van der Waals surface area contributed by atoms with Crippen molar-refractivity contribution in [1.82, 2.24) is 0 Å². The molecule has 0 aliphatic heterocycles. The molecule has 0 radical (unpaired) electrons. The SMILES string of the molecule is C[C@@H](O)Nc1ccccc1. The van der Waals surface area contributed by atoms with E-state index in [-0.39, 0.29) is 0 Å². The molecule has 0 aliphatic rings. The minimum atomic E-state index is -0.484. The van der Waals surface area contributed by atoms with Gasteiger partial charge in [-0.2, -0.15) is 0 Å². The summed E-state index contributed by atoms with van der Waals surface area (Å²) in [6, 6.07) is 9.60. The third-order valence-electron chi connectivity index (χ3n) is 1.15. The number of para-hydroxylation sites is 1. The van der Waals surface area contributed by atoms with Crippen LogP contribution in [0, 0.1) is 0 Å². The van der Waals surface area contributed by atoms with E-state index in [1.165, 1.54) is 0 Å². The molecule has 2 heteroatoms. The zero-order valence-electron chi connectivity index (χ0n) is 5.91. The predicted molar refractivity (Wildman–Crippen MR) is 41.7 cm³/mol. The van der Waals surface area contributed by atoms with E-state index >= 15 is 0 Å². The summed E-state index contributed by atoms with van der Waals surface area (Å²) in [7, 11) is 0. The standard InChI is InChI=1S/C8H11NO/c1-7(10)9-8-5-3-2-4-6-8/h2-7,9-10H,1H3/t7-/m1/s1. The number of hydrogen-bond acceptors (Lipinski definition) is 2. The average molecular weight is 137 g/mol. The van der Waals surface area contributed by atoms with Gasteiger partial charge in [0, 0.05) is 5.69 Å². The lowest BCUT2D eigenvalue weighted by Crippen LogP contribution is -2.12. The van der Waals surface area contributed by atoms with Gasteiger partial charge in [-0.25, -0.2) is 0 Å². The Morgan fingerprint density at radius 1 is 1.30 bits per heavy atom. The largest absolute Gasteiger partial charge is 0.374 e. The molecule has 0 unspecified atom stereocenters. The Hall–Kier alpha value is -1.02. The van der Waals surface area contributed by atoms with Crippen LogP contribution < -0.4 is 5.32 Å². The molecule has 10 heavy (non-hydrogen) atoms. The fourth-order valence-corrected chi connectivity index (χ4v) is 0.776. The highest BCUT2D eigenvalue weighted by atomic mass is 16.3. The molecule has 2 N–H and O–H groups in total.